The minimum Gasteiger partial charge on any atom is -0.461 e. The number of hydrogen-bond donors (Lipinski definition) is 1. The van der Waals surface area contributed by atoms with Gasteiger partial charge in [-0.15, -0.1) is 0 Å². The summed E-state index contributed by atoms with van der Waals surface area (Å²) in [5.41, 5.74) is -2.05. The lowest BCUT2D eigenvalue weighted by atomic mass is 9.80. The van der Waals surface area contributed by atoms with Gasteiger partial charge in [-0.25, -0.2) is 0 Å². The fourth-order valence-corrected chi connectivity index (χ4v) is 7.01. The summed E-state index contributed by atoms with van der Waals surface area (Å²) in [5, 5.41) is 11.3. The SMILES string of the molecule is CO[C@H]1[C@H]2[C@@H]([C@@H](OC(C)=O)[C@@H](C)C(=O)[C@@]34C[C@H](C)[C@H](OC(C)=O)[C@]3(/C=C(\C)[C@H]1O)O4)C2(C)C. The van der Waals surface area contributed by atoms with E-state index in [9.17, 15) is 19.5 Å². The van der Waals surface area contributed by atoms with Crippen LogP contribution in [0.3, 0.4) is 0 Å². The van der Waals surface area contributed by atoms with Crippen LogP contribution in [0.1, 0.15) is 54.9 Å². The van der Waals surface area contributed by atoms with Crippen molar-refractivity contribution in [2.75, 3.05) is 7.11 Å². The number of methoxy groups -OCH3 is 1. The zero-order valence-corrected chi connectivity index (χ0v) is 20.7. The molecule has 0 bridgehead atoms. The Balaban J connectivity index is 1.86. The number of ketones is 1. The monoisotopic (exact) mass is 464 g/mol. The predicted molar refractivity (Wildman–Crippen MR) is 117 cm³/mol. The first kappa shape index (κ1) is 24.4. The number of carbonyl (C=O) groups is 3. The molecule has 1 saturated heterocycles. The number of Topliss-reactive ketones (excluding diaryl/α,β-unsaturated/α-hetero) is 1. The highest BCUT2D eigenvalue weighted by molar-refractivity contribution is 5.96. The Kier molecular flexibility index (Phi) is 5.62. The summed E-state index contributed by atoms with van der Waals surface area (Å²) >= 11 is 0. The second kappa shape index (κ2) is 7.62. The first-order valence-corrected chi connectivity index (χ1v) is 11.7. The molecule has 1 heterocycles. The molecule has 0 amide bonds. The predicted octanol–water partition coefficient (Wildman–Crippen LogP) is 2.21. The molecule has 0 radical (unpaired) electrons. The van der Waals surface area contributed by atoms with Gasteiger partial charge in [-0.05, 0) is 36.3 Å². The van der Waals surface area contributed by atoms with Crippen LogP contribution in [0.4, 0.5) is 0 Å². The van der Waals surface area contributed by atoms with E-state index < -0.39 is 53.5 Å². The van der Waals surface area contributed by atoms with Crippen LogP contribution in [-0.2, 0) is 33.3 Å². The van der Waals surface area contributed by atoms with E-state index in [1.165, 1.54) is 13.8 Å². The molecule has 3 aliphatic carbocycles. The Morgan fingerprint density at radius 2 is 1.67 bits per heavy atom. The van der Waals surface area contributed by atoms with Crippen LogP contribution in [0, 0.1) is 29.1 Å². The summed E-state index contributed by atoms with van der Waals surface area (Å²) < 4.78 is 23.4. The van der Waals surface area contributed by atoms with Gasteiger partial charge in [0.1, 0.15) is 18.3 Å². The number of rotatable bonds is 3. The molecular weight excluding hydrogens is 428 g/mol. The Morgan fingerprint density at radius 1 is 1.09 bits per heavy atom. The Labute approximate surface area is 195 Å². The molecule has 0 spiro atoms. The lowest BCUT2D eigenvalue weighted by Crippen LogP contribution is -2.43. The van der Waals surface area contributed by atoms with Gasteiger partial charge in [0.05, 0.1) is 12.0 Å². The Bertz CT molecular complexity index is 908. The van der Waals surface area contributed by atoms with Crippen molar-refractivity contribution < 1.29 is 38.4 Å². The van der Waals surface area contributed by atoms with E-state index in [0.717, 1.165) is 0 Å². The average Bonchev–Trinajstić information content (AvgIpc) is 3.49. The fourth-order valence-electron chi connectivity index (χ4n) is 7.01. The van der Waals surface area contributed by atoms with Crippen LogP contribution in [0.15, 0.2) is 11.6 Å². The van der Waals surface area contributed by atoms with E-state index in [-0.39, 0.29) is 29.0 Å². The second-order valence-electron chi connectivity index (χ2n) is 11.1. The van der Waals surface area contributed by atoms with Gasteiger partial charge in [-0.3, -0.25) is 14.4 Å². The van der Waals surface area contributed by atoms with Gasteiger partial charge in [-0.1, -0.05) is 27.7 Å². The molecule has 2 saturated carbocycles. The maximum atomic E-state index is 14.0. The molecule has 1 aliphatic heterocycles. The largest absolute Gasteiger partial charge is 0.461 e. The number of aliphatic hydroxyl groups excluding tert-OH is 1. The lowest BCUT2D eigenvalue weighted by molar-refractivity contribution is -0.154. The molecule has 8 nitrogen and oxygen atoms in total. The topological polar surface area (TPSA) is 112 Å². The van der Waals surface area contributed by atoms with E-state index in [4.69, 9.17) is 18.9 Å². The number of carbonyl (C=O) groups excluding carboxylic acids is 3. The minimum atomic E-state index is -1.19. The lowest BCUT2D eigenvalue weighted by Gasteiger charge is -2.27. The smallest absolute Gasteiger partial charge is 0.303 e. The highest BCUT2D eigenvalue weighted by Gasteiger charge is 2.83. The molecule has 4 aliphatic rings. The zero-order valence-electron chi connectivity index (χ0n) is 20.7. The van der Waals surface area contributed by atoms with Crippen LogP contribution >= 0.6 is 0 Å². The number of fused-ring (bicyclic) bond motifs is 1. The maximum Gasteiger partial charge on any atom is 0.303 e. The molecule has 184 valence electrons. The molecular formula is C25H36O8. The Morgan fingerprint density at radius 3 is 2.21 bits per heavy atom. The van der Waals surface area contributed by atoms with Gasteiger partial charge < -0.3 is 24.1 Å². The molecule has 33 heavy (non-hydrogen) atoms. The highest BCUT2D eigenvalue weighted by Crippen LogP contribution is 2.68. The standard InChI is InChI=1S/C25H36O8/c1-11-9-25-22(32-15(5)27)12(2)10-24(25,33-25)21(29)13(3)19(31-14(4)26)16-17(23(16,6)7)20(30-8)18(11)28/h9,12-13,16-20,22,28H,10H2,1-8H3/b11-9+/t12-,13+,16-,17+,18+,19-,20-,22-,24-,25-/m0/s1. The number of esters is 2. The van der Waals surface area contributed by atoms with E-state index in [2.05, 4.69) is 0 Å². The number of hydrogen-bond acceptors (Lipinski definition) is 8. The normalized spacial score (nSPS) is 49.4. The van der Waals surface area contributed by atoms with Crippen LogP contribution < -0.4 is 0 Å². The molecule has 1 N–H and O–H groups in total. The molecule has 10 atom stereocenters. The molecule has 4 rings (SSSR count). The van der Waals surface area contributed by atoms with E-state index in [1.54, 1.807) is 27.0 Å². The highest BCUT2D eigenvalue weighted by atomic mass is 16.7. The first-order chi connectivity index (χ1) is 15.2. The number of ether oxygens (including phenoxy) is 4. The van der Waals surface area contributed by atoms with Crippen molar-refractivity contribution >= 4 is 17.7 Å². The van der Waals surface area contributed by atoms with Gasteiger partial charge in [0, 0.05) is 32.8 Å². The summed E-state index contributed by atoms with van der Waals surface area (Å²) in [7, 11) is 1.55. The molecule has 0 unspecified atom stereocenters. The number of epoxide rings is 1. The van der Waals surface area contributed by atoms with Gasteiger partial charge >= 0.3 is 11.9 Å². The van der Waals surface area contributed by atoms with Crippen molar-refractivity contribution in [2.45, 2.75) is 90.5 Å². The minimum absolute atomic E-state index is 0.117. The van der Waals surface area contributed by atoms with Crippen molar-refractivity contribution in [1.29, 1.82) is 0 Å². The van der Waals surface area contributed by atoms with Gasteiger partial charge in [0.2, 0.25) is 0 Å². The van der Waals surface area contributed by atoms with E-state index >= 15 is 0 Å². The average molecular weight is 465 g/mol. The third-order valence-corrected chi connectivity index (χ3v) is 8.58. The summed E-state index contributed by atoms with van der Waals surface area (Å²) in [6.07, 6.45) is -0.717. The van der Waals surface area contributed by atoms with Gasteiger partial charge in [0.25, 0.3) is 0 Å². The van der Waals surface area contributed by atoms with E-state index in [0.29, 0.717) is 12.0 Å². The van der Waals surface area contributed by atoms with Crippen molar-refractivity contribution in [1.82, 2.24) is 0 Å². The quantitative estimate of drug-likeness (QED) is 0.384. The van der Waals surface area contributed by atoms with Crippen molar-refractivity contribution in [3.63, 3.8) is 0 Å². The molecule has 0 aromatic heterocycles. The van der Waals surface area contributed by atoms with Crippen molar-refractivity contribution in [3.8, 4) is 0 Å². The first-order valence-electron chi connectivity index (χ1n) is 11.7. The van der Waals surface area contributed by atoms with Crippen LogP contribution in [0.2, 0.25) is 0 Å². The number of aliphatic hydroxyl groups is 1. The second-order valence-corrected chi connectivity index (χ2v) is 11.1. The summed E-state index contributed by atoms with van der Waals surface area (Å²) in [5.74, 6) is -2.13. The molecule has 3 fully saturated rings. The van der Waals surface area contributed by atoms with Gasteiger partial charge in [0.15, 0.2) is 17.0 Å². The van der Waals surface area contributed by atoms with Crippen molar-refractivity contribution in [3.05, 3.63) is 11.6 Å². The summed E-state index contributed by atoms with van der Waals surface area (Å²) in [6.45, 7) is 12.3. The van der Waals surface area contributed by atoms with Crippen LogP contribution in [-0.4, -0.2) is 65.6 Å². The summed E-state index contributed by atoms with van der Waals surface area (Å²) in [4.78, 5) is 38.0. The maximum absolute atomic E-state index is 14.0. The van der Waals surface area contributed by atoms with Crippen molar-refractivity contribution in [2.24, 2.45) is 29.1 Å². The summed E-state index contributed by atoms with van der Waals surface area (Å²) in [6, 6.07) is 0. The fraction of sp³-hybridized carbons (Fsp3) is 0.800. The van der Waals surface area contributed by atoms with Gasteiger partial charge in [-0.2, -0.15) is 0 Å². The third-order valence-electron chi connectivity index (χ3n) is 8.58. The van der Waals surface area contributed by atoms with Crippen LogP contribution in [0.5, 0.6) is 0 Å². The molecule has 0 aromatic carbocycles. The Hall–Kier alpha value is -1.77. The third kappa shape index (κ3) is 3.32. The van der Waals surface area contributed by atoms with E-state index in [1.807, 2.05) is 20.8 Å². The molecule has 0 aromatic rings. The van der Waals surface area contributed by atoms with Crippen LogP contribution in [0.25, 0.3) is 0 Å². The molecule has 8 heteroatoms. The zero-order chi connectivity index (χ0) is 24.7.